The molecule has 0 aliphatic carbocycles. The first-order valence-electron chi connectivity index (χ1n) is 9.09. The van der Waals surface area contributed by atoms with E-state index in [4.69, 9.17) is 9.15 Å². The number of ether oxygens (including phenoxy) is 1. The minimum absolute atomic E-state index is 0.0252. The number of ketones is 1. The Hall–Kier alpha value is -4.13. The highest BCUT2D eigenvalue weighted by Crippen LogP contribution is 2.16. The lowest BCUT2D eigenvalue weighted by Crippen LogP contribution is -2.30. The number of nitrogens with one attached hydrogen (secondary N) is 2. The van der Waals surface area contributed by atoms with Crippen LogP contribution in [-0.4, -0.2) is 24.7 Å². The van der Waals surface area contributed by atoms with Crippen LogP contribution in [-0.2, 0) is 4.79 Å². The van der Waals surface area contributed by atoms with Crippen LogP contribution < -0.4 is 15.4 Å². The van der Waals surface area contributed by atoms with Crippen molar-refractivity contribution in [3.8, 4) is 5.75 Å². The number of carbonyl (C=O) groups excluding carboxylic acids is 3. The molecule has 2 N–H and O–H groups in total. The zero-order chi connectivity index (χ0) is 21.5. The first kappa shape index (κ1) is 20.6. The van der Waals surface area contributed by atoms with Crippen molar-refractivity contribution < 1.29 is 23.5 Å². The largest absolute Gasteiger partial charge is 0.497 e. The van der Waals surface area contributed by atoms with Gasteiger partial charge in [0.15, 0.2) is 11.5 Å². The molecular formula is C23H20N2O5. The summed E-state index contributed by atoms with van der Waals surface area (Å²) in [5, 5.41) is 5.29. The van der Waals surface area contributed by atoms with Crippen LogP contribution in [0.2, 0.25) is 0 Å². The van der Waals surface area contributed by atoms with E-state index in [-0.39, 0.29) is 17.2 Å². The molecule has 0 atom stereocenters. The van der Waals surface area contributed by atoms with Gasteiger partial charge < -0.3 is 19.8 Å². The predicted molar refractivity (Wildman–Crippen MR) is 112 cm³/mol. The van der Waals surface area contributed by atoms with Crippen LogP contribution in [0.4, 0.5) is 5.69 Å². The molecule has 0 radical (unpaired) electrons. The summed E-state index contributed by atoms with van der Waals surface area (Å²) in [7, 11) is 1.56. The molecule has 7 heteroatoms. The summed E-state index contributed by atoms with van der Waals surface area (Å²) in [6.07, 6.45) is 2.91. The molecule has 0 spiro atoms. The molecule has 0 unspecified atom stereocenters. The summed E-state index contributed by atoms with van der Waals surface area (Å²) in [4.78, 5) is 36.7. The van der Waals surface area contributed by atoms with Crippen molar-refractivity contribution in [2.45, 2.75) is 6.92 Å². The van der Waals surface area contributed by atoms with Crippen molar-refractivity contribution in [2.75, 3.05) is 12.4 Å². The van der Waals surface area contributed by atoms with Gasteiger partial charge in [-0.25, -0.2) is 0 Å². The molecule has 2 amide bonds. The molecule has 3 rings (SSSR count). The molecule has 1 heterocycles. The number of Topliss-reactive ketones (excluding diaryl/α,β-unsaturated/α-hetero) is 1. The zero-order valence-electron chi connectivity index (χ0n) is 16.5. The Bertz CT molecular complexity index is 1070. The second-order valence-corrected chi connectivity index (χ2v) is 6.35. The molecular weight excluding hydrogens is 384 g/mol. The van der Waals surface area contributed by atoms with Gasteiger partial charge in [-0.2, -0.15) is 0 Å². The topological polar surface area (TPSA) is 97.6 Å². The molecule has 1 aromatic heterocycles. The Morgan fingerprint density at radius 3 is 2.23 bits per heavy atom. The van der Waals surface area contributed by atoms with Gasteiger partial charge >= 0.3 is 0 Å². The van der Waals surface area contributed by atoms with Crippen molar-refractivity contribution in [2.24, 2.45) is 0 Å². The summed E-state index contributed by atoms with van der Waals surface area (Å²) in [5.41, 5.74) is 1.73. The number of anilines is 1. The van der Waals surface area contributed by atoms with Crippen LogP contribution in [0.1, 0.15) is 33.4 Å². The maximum atomic E-state index is 12.8. The number of hydrogen-bond acceptors (Lipinski definition) is 5. The second kappa shape index (κ2) is 9.38. The monoisotopic (exact) mass is 404 g/mol. The Morgan fingerprint density at radius 2 is 1.67 bits per heavy atom. The first-order valence-corrected chi connectivity index (χ1v) is 9.09. The molecule has 7 nitrogen and oxygen atoms in total. The van der Waals surface area contributed by atoms with E-state index in [0.29, 0.717) is 22.6 Å². The Morgan fingerprint density at radius 1 is 0.967 bits per heavy atom. The van der Waals surface area contributed by atoms with Crippen LogP contribution in [0, 0.1) is 0 Å². The van der Waals surface area contributed by atoms with Gasteiger partial charge in [0, 0.05) is 11.3 Å². The van der Waals surface area contributed by atoms with E-state index in [1.165, 1.54) is 19.3 Å². The van der Waals surface area contributed by atoms with E-state index in [0.717, 1.165) is 0 Å². The fourth-order valence-electron chi connectivity index (χ4n) is 2.60. The Balaban J connectivity index is 1.84. The smallest absolute Gasteiger partial charge is 0.291 e. The maximum absolute atomic E-state index is 12.8. The fourth-order valence-corrected chi connectivity index (χ4v) is 2.60. The molecule has 2 aromatic carbocycles. The van der Waals surface area contributed by atoms with E-state index in [1.807, 2.05) is 0 Å². The van der Waals surface area contributed by atoms with Gasteiger partial charge in [0.1, 0.15) is 11.4 Å². The van der Waals surface area contributed by atoms with Crippen molar-refractivity contribution >= 4 is 29.4 Å². The summed E-state index contributed by atoms with van der Waals surface area (Å²) >= 11 is 0. The third-order valence-corrected chi connectivity index (χ3v) is 4.21. The van der Waals surface area contributed by atoms with E-state index in [2.05, 4.69) is 10.6 Å². The van der Waals surface area contributed by atoms with Gasteiger partial charge in [-0.3, -0.25) is 14.4 Å². The Labute approximate surface area is 173 Å². The lowest BCUT2D eigenvalue weighted by atomic mass is 10.1. The highest BCUT2D eigenvalue weighted by molar-refractivity contribution is 6.10. The molecule has 0 saturated carbocycles. The van der Waals surface area contributed by atoms with Crippen LogP contribution in [0.5, 0.6) is 5.75 Å². The normalized spacial score (nSPS) is 10.9. The van der Waals surface area contributed by atoms with E-state index < -0.39 is 11.8 Å². The number of rotatable bonds is 7. The molecule has 0 bridgehead atoms. The number of amides is 2. The highest BCUT2D eigenvalue weighted by atomic mass is 16.5. The van der Waals surface area contributed by atoms with Gasteiger partial charge in [0.05, 0.1) is 13.4 Å². The molecule has 0 saturated heterocycles. The number of benzene rings is 2. The lowest BCUT2D eigenvalue weighted by Gasteiger charge is -2.11. The van der Waals surface area contributed by atoms with Crippen molar-refractivity contribution in [1.82, 2.24) is 5.32 Å². The first-order chi connectivity index (χ1) is 14.5. The Kier molecular flexibility index (Phi) is 6.44. The minimum atomic E-state index is -0.554. The third-order valence-electron chi connectivity index (χ3n) is 4.21. The molecule has 0 aliphatic heterocycles. The minimum Gasteiger partial charge on any atom is -0.497 e. The fraction of sp³-hybridized carbons (Fsp3) is 0.0870. The van der Waals surface area contributed by atoms with Crippen LogP contribution in [0.15, 0.2) is 77.0 Å². The SMILES string of the molecule is COc1ccc(/C=C(/NC(=O)c2ccco2)C(=O)Nc2ccc(C(C)=O)cc2)cc1. The number of methoxy groups -OCH3 is 1. The number of hydrogen-bond donors (Lipinski definition) is 2. The van der Waals surface area contributed by atoms with Gasteiger partial charge in [-0.05, 0) is 67.1 Å². The van der Waals surface area contributed by atoms with Gasteiger partial charge in [0.25, 0.3) is 11.8 Å². The lowest BCUT2D eigenvalue weighted by molar-refractivity contribution is -0.113. The van der Waals surface area contributed by atoms with Crippen molar-refractivity contribution in [3.05, 3.63) is 89.5 Å². The number of furan rings is 1. The van der Waals surface area contributed by atoms with Crippen molar-refractivity contribution in [1.29, 1.82) is 0 Å². The third kappa shape index (κ3) is 5.23. The summed E-state index contributed by atoms with van der Waals surface area (Å²) < 4.78 is 10.2. The van der Waals surface area contributed by atoms with Crippen molar-refractivity contribution in [3.63, 3.8) is 0 Å². The summed E-state index contributed by atoms with van der Waals surface area (Å²) in [5.74, 6) is -0.403. The standard InChI is InChI=1S/C23H20N2O5/c1-15(26)17-7-9-18(10-8-17)24-22(27)20(25-23(28)21-4-3-13-30-21)14-16-5-11-19(29-2)12-6-16/h3-14H,1-2H3,(H,24,27)(H,25,28)/b20-14+. The summed E-state index contributed by atoms with van der Waals surface area (Å²) in [6.45, 7) is 1.47. The maximum Gasteiger partial charge on any atom is 0.291 e. The average molecular weight is 404 g/mol. The van der Waals surface area contributed by atoms with E-state index in [1.54, 1.807) is 67.8 Å². The molecule has 0 fully saturated rings. The molecule has 3 aromatic rings. The van der Waals surface area contributed by atoms with Gasteiger partial charge in [0.2, 0.25) is 0 Å². The average Bonchev–Trinajstić information content (AvgIpc) is 3.29. The predicted octanol–water partition coefficient (Wildman–Crippen LogP) is 3.90. The van der Waals surface area contributed by atoms with Crippen LogP contribution >= 0.6 is 0 Å². The molecule has 30 heavy (non-hydrogen) atoms. The van der Waals surface area contributed by atoms with E-state index in [9.17, 15) is 14.4 Å². The number of carbonyl (C=O) groups is 3. The quantitative estimate of drug-likeness (QED) is 0.460. The van der Waals surface area contributed by atoms with Gasteiger partial charge in [-0.1, -0.05) is 12.1 Å². The van der Waals surface area contributed by atoms with Crippen LogP contribution in [0.25, 0.3) is 6.08 Å². The van der Waals surface area contributed by atoms with E-state index >= 15 is 0 Å². The van der Waals surface area contributed by atoms with Gasteiger partial charge in [-0.15, -0.1) is 0 Å². The van der Waals surface area contributed by atoms with Crippen LogP contribution in [0.3, 0.4) is 0 Å². The highest BCUT2D eigenvalue weighted by Gasteiger charge is 2.17. The summed E-state index contributed by atoms with van der Waals surface area (Å²) in [6, 6.07) is 16.6. The second-order valence-electron chi connectivity index (χ2n) is 6.35. The molecule has 152 valence electrons. The molecule has 0 aliphatic rings. The zero-order valence-corrected chi connectivity index (χ0v) is 16.5.